The standard InChI is InChI=1S/C20H33NO/c1-4-16-22-19-10-8-18(9-11-19)20(17(2)3)12-15-21-13-6-5-7-14-21/h8-11,17,20H,4-7,12-16H2,1-3H3. The second kappa shape index (κ2) is 9.19. The van der Waals surface area contributed by atoms with Gasteiger partial charge in [-0.3, -0.25) is 0 Å². The molecule has 0 N–H and O–H groups in total. The molecule has 0 saturated carbocycles. The third-order valence-electron chi connectivity index (χ3n) is 4.79. The molecule has 0 radical (unpaired) electrons. The SMILES string of the molecule is CCCOc1ccc(C(CCN2CCCCC2)C(C)C)cc1. The first-order chi connectivity index (χ1) is 10.7. The molecule has 1 unspecified atom stereocenters. The molecule has 1 fully saturated rings. The smallest absolute Gasteiger partial charge is 0.119 e. The molecule has 0 amide bonds. The number of nitrogens with zero attached hydrogens (tertiary/aromatic N) is 1. The number of hydrogen-bond donors (Lipinski definition) is 0. The van der Waals surface area contributed by atoms with E-state index in [2.05, 4.69) is 49.9 Å². The summed E-state index contributed by atoms with van der Waals surface area (Å²) in [4.78, 5) is 2.65. The van der Waals surface area contributed by atoms with Crippen molar-refractivity contribution < 1.29 is 4.74 Å². The lowest BCUT2D eigenvalue weighted by Gasteiger charge is -2.29. The van der Waals surface area contributed by atoms with Gasteiger partial charge in [0.05, 0.1) is 6.61 Å². The number of likely N-dealkylation sites (tertiary alicyclic amines) is 1. The van der Waals surface area contributed by atoms with E-state index in [4.69, 9.17) is 4.74 Å². The van der Waals surface area contributed by atoms with E-state index in [0.29, 0.717) is 11.8 Å². The molecule has 1 aliphatic rings. The zero-order valence-corrected chi connectivity index (χ0v) is 14.7. The summed E-state index contributed by atoms with van der Waals surface area (Å²) in [7, 11) is 0. The largest absolute Gasteiger partial charge is 0.494 e. The van der Waals surface area contributed by atoms with Crippen molar-refractivity contribution in [3.63, 3.8) is 0 Å². The van der Waals surface area contributed by atoms with Gasteiger partial charge in [-0.25, -0.2) is 0 Å². The van der Waals surface area contributed by atoms with E-state index in [1.165, 1.54) is 50.9 Å². The fourth-order valence-corrected chi connectivity index (χ4v) is 3.42. The van der Waals surface area contributed by atoms with Gasteiger partial charge in [0.25, 0.3) is 0 Å². The lowest BCUT2D eigenvalue weighted by molar-refractivity contribution is 0.215. The summed E-state index contributed by atoms with van der Waals surface area (Å²) in [6.45, 7) is 11.5. The van der Waals surface area contributed by atoms with Crippen LogP contribution in [0.15, 0.2) is 24.3 Å². The van der Waals surface area contributed by atoms with Gasteiger partial charge in [0, 0.05) is 0 Å². The molecule has 2 nitrogen and oxygen atoms in total. The highest BCUT2D eigenvalue weighted by Crippen LogP contribution is 2.30. The summed E-state index contributed by atoms with van der Waals surface area (Å²) in [6.07, 6.45) is 6.52. The van der Waals surface area contributed by atoms with E-state index in [1.807, 2.05) is 0 Å². The highest BCUT2D eigenvalue weighted by atomic mass is 16.5. The number of hydrogen-bond acceptors (Lipinski definition) is 2. The molecular weight excluding hydrogens is 270 g/mol. The van der Waals surface area contributed by atoms with Crippen LogP contribution in [0.5, 0.6) is 5.75 Å². The van der Waals surface area contributed by atoms with Gasteiger partial charge in [-0.1, -0.05) is 39.3 Å². The van der Waals surface area contributed by atoms with Crippen LogP contribution in [0.25, 0.3) is 0 Å². The van der Waals surface area contributed by atoms with Crippen LogP contribution in [0.2, 0.25) is 0 Å². The van der Waals surface area contributed by atoms with Crippen LogP contribution >= 0.6 is 0 Å². The zero-order valence-electron chi connectivity index (χ0n) is 14.7. The summed E-state index contributed by atoms with van der Waals surface area (Å²) >= 11 is 0. The number of rotatable bonds is 8. The predicted octanol–water partition coefficient (Wildman–Crippen LogP) is 5.09. The summed E-state index contributed by atoms with van der Waals surface area (Å²) < 4.78 is 5.70. The third kappa shape index (κ3) is 5.31. The van der Waals surface area contributed by atoms with Crippen molar-refractivity contribution in [3.8, 4) is 5.75 Å². The first-order valence-corrected chi connectivity index (χ1v) is 9.15. The normalized spacial score (nSPS) is 17.6. The van der Waals surface area contributed by atoms with Gasteiger partial charge in [-0.2, -0.15) is 0 Å². The van der Waals surface area contributed by atoms with E-state index in [-0.39, 0.29) is 0 Å². The van der Waals surface area contributed by atoms with E-state index in [1.54, 1.807) is 0 Å². The number of benzene rings is 1. The van der Waals surface area contributed by atoms with Gasteiger partial charge in [0.1, 0.15) is 5.75 Å². The van der Waals surface area contributed by atoms with Gasteiger partial charge >= 0.3 is 0 Å². The highest BCUT2D eigenvalue weighted by molar-refractivity contribution is 5.29. The summed E-state index contributed by atoms with van der Waals surface area (Å²) in [5.74, 6) is 2.35. The van der Waals surface area contributed by atoms with E-state index < -0.39 is 0 Å². The number of piperidine rings is 1. The van der Waals surface area contributed by atoms with Gasteiger partial charge in [-0.15, -0.1) is 0 Å². The molecule has 22 heavy (non-hydrogen) atoms. The van der Waals surface area contributed by atoms with Crippen molar-refractivity contribution in [2.45, 2.75) is 58.8 Å². The van der Waals surface area contributed by atoms with Crippen molar-refractivity contribution >= 4 is 0 Å². The van der Waals surface area contributed by atoms with Crippen molar-refractivity contribution in [1.82, 2.24) is 4.90 Å². The molecule has 124 valence electrons. The Morgan fingerprint density at radius 1 is 1.05 bits per heavy atom. The molecule has 1 heterocycles. The minimum atomic E-state index is 0.655. The van der Waals surface area contributed by atoms with Crippen molar-refractivity contribution in [2.75, 3.05) is 26.2 Å². The molecule has 1 aromatic carbocycles. The van der Waals surface area contributed by atoms with E-state index >= 15 is 0 Å². The Labute approximate surface area is 136 Å². The highest BCUT2D eigenvalue weighted by Gasteiger charge is 2.18. The third-order valence-corrected chi connectivity index (χ3v) is 4.79. The minimum Gasteiger partial charge on any atom is -0.494 e. The Kier molecular flexibility index (Phi) is 7.24. The summed E-state index contributed by atoms with van der Waals surface area (Å²) in [5, 5.41) is 0. The summed E-state index contributed by atoms with van der Waals surface area (Å²) in [5.41, 5.74) is 1.47. The van der Waals surface area contributed by atoms with Gasteiger partial charge in [0.2, 0.25) is 0 Å². The predicted molar refractivity (Wildman–Crippen MR) is 94.7 cm³/mol. The van der Waals surface area contributed by atoms with Gasteiger partial charge in [0.15, 0.2) is 0 Å². The molecule has 0 aromatic heterocycles. The van der Waals surface area contributed by atoms with Crippen LogP contribution in [-0.2, 0) is 0 Å². The molecule has 1 aliphatic heterocycles. The monoisotopic (exact) mass is 303 g/mol. The number of ether oxygens (including phenoxy) is 1. The maximum Gasteiger partial charge on any atom is 0.119 e. The van der Waals surface area contributed by atoms with E-state index in [9.17, 15) is 0 Å². The van der Waals surface area contributed by atoms with Crippen LogP contribution in [0.1, 0.15) is 64.4 Å². The second-order valence-electron chi connectivity index (χ2n) is 6.96. The molecule has 2 heteroatoms. The first-order valence-electron chi connectivity index (χ1n) is 9.15. The Hall–Kier alpha value is -1.02. The molecule has 1 aromatic rings. The molecule has 0 bridgehead atoms. The van der Waals surface area contributed by atoms with Crippen molar-refractivity contribution in [2.24, 2.45) is 5.92 Å². The summed E-state index contributed by atoms with van der Waals surface area (Å²) in [6, 6.07) is 8.82. The van der Waals surface area contributed by atoms with Crippen LogP contribution < -0.4 is 4.74 Å². The quantitative estimate of drug-likeness (QED) is 0.663. The van der Waals surface area contributed by atoms with Crippen LogP contribution in [-0.4, -0.2) is 31.1 Å². The lowest BCUT2D eigenvalue weighted by atomic mass is 9.85. The first kappa shape index (κ1) is 17.3. The fraction of sp³-hybridized carbons (Fsp3) is 0.700. The average molecular weight is 303 g/mol. The van der Waals surface area contributed by atoms with Crippen LogP contribution in [0.4, 0.5) is 0 Å². The Morgan fingerprint density at radius 2 is 1.73 bits per heavy atom. The maximum absolute atomic E-state index is 5.70. The molecule has 1 atom stereocenters. The molecule has 2 rings (SSSR count). The van der Waals surface area contributed by atoms with Crippen molar-refractivity contribution in [1.29, 1.82) is 0 Å². The van der Waals surface area contributed by atoms with E-state index in [0.717, 1.165) is 18.8 Å². The fourth-order valence-electron chi connectivity index (χ4n) is 3.42. The van der Waals surface area contributed by atoms with Gasteiger partial charge in [-0.05, 0) is 74.8 Å². The van der Waals surface area contributed by atoms with Crippen molar-refractivity contribution in [3.05, 3.63) is 29.8 Å². The second-order valence-corrected chi connectivity index (χ2v) is 6.96. The Morgan fingerprint density at radius 3 is 2.32 bits per heavy atom. The molecule has 1 saturated heterocycles. The molecular formula is C20H33NO. The Bertz CT molecular complexity index is 406. The Balaban J connectivity index is 1.91. The van der Waals surface area contributed by atoms with Gasteiger partial charge < -0.3 is 9.64 Å². The molecule has 0 spiro atoms. The van der Waals surface area contributed by atoms with Crippen LogP contribution in [0.3, 0.4) is 0 Å². The van der Waals surface area contributed by atoms with Crippen LogP contribution in [0, 0.1) is 5.92 Å². The maximum atomic E-state index is 5.70. The lowest BCUT2D eigenvalue weighted by Crippen LogP contribution is -2.31. The zero-order chi connectivity index (χ0) is 15.8. The average Bonchev–Trinajstić information content (AvgIpc) is 2.55. The minimum absolute atomic E-state index is 0.655. The molecule has 0 aliphatic carbocycles. The topological polar surface area (TPSA) is 12.5 Å².